The molecule has 5 heteroatoms. The Hall–Kier alpha value is -2.27. The molecule has 0 atom stereocenters. The molecule has 0 aliphatic carbocycles. The maximum atomic E-state index is 12.0. The highest BCUT2D eigenvalue weighted by atomic mass is 32.2. The summed E-state index contributed by atoms with van der Waals surface area (Å²) < 4.78 is 5.46. The van der Waals surface area contributed by atoms with E-state index in [0.717, 1.165) is 0 Å². The molecule has 0 spiro atoms. The van der Waals surface area contributed by atoms with Crippen molar-refractivity contribution in [3.8, 4) is 5.75 Å². The number of benzene rings is 2. The number of ketones is 1. The highest BCUT2D eigenvalue weighted by Crippen LogP contribution is 2.23. The van der Waals surface area contributed by atoms with Gasteiger partial charge in [0.05, 0.1) is 23.8 Å². The Morgan fingerprint density at radius 1 is 1.00 bits per heavy atom. The van der Waals surface area contributed by atoms with E-state index in [9.17, 15) is 9.59 Å². The van der Waals surface area contributed by atoms with Gasteiger partial charge in [-0.05, 0) is 19.1 Å². The van der Waals surface area contributed by atoms with Crippen molar-refractivity contribution in [3.05, 3.63) is 60.2 Å². The molecule has 0 aromatic heterocycles. The summed E-state index contributed by atoms with van der Waals surface area (Å²) in [6.07, 6.45) is 0. The van der Waals surface area contributed by atoms with E-state index in [1.165, 1.54) is 11.8 Å². The predicted molar refractivity (Wildman–Crippen MR) is 94.3 cm³/mol. The van der Waals surface area contributed by atoms with Crippen molar-refractivity contribution in [3.63, 3.8) is 0 Å². The van der Waals surface area contributed by atoms with Gasteiger partial charge < -0.3 is 10.1 Å². The number of amides is 1. The van der Waals surface area contributed by atoms with Gasteiger partial charge in [0.25, 0.3) is 0 Å². The number of para-hydroxylation sites is 2. The molecule has 0 radical (unpaired) electrons. The molecule has 2 rings (SSSR count). The van der Waals surface area contributed by atoms with Gasteiger partial charge >= 0.3 is 0 Å². The summed E-state index contributed by atoms with van der Waals surface area (Å²) in [6.45, 7) is 2.43. The first-order chi connectivity index (χ1) is 11.2. The quantitative estimate of drug-likeness (QED) is 0.751. The predicted octanol–water partition coefficient (Wildman–Crippen LogP) is 3.64. The number of anilines is 1. The van der Waals surface area contributed by atoms with Gasteiger partial charge in [-0.2, -0.15) is 0 Å². The number of Topliss-reactive ketones (excluding diaryl/α,β-unsaturated/α-hetero) is 1. The van der Waals surface area contributed by atoms with Crippen molar-refractivity contribution in [1.29, 1.82) is 0 Å². The third-order valence-corrected chi connectivity index (χ3v) is 3.96. The molecule has 0 fully saturated rings. The van der Waals surface area contributed by atoms with Crippen molar-refractivity contribution in [2.75, 3.05) is 23.4 Å². The highest BCUT2D eigenvalue weighted by molar-refractivity contribution is 8.00. The second kappa shape index (κ2) is 9.00. The second-order valence-electron chi connectivity index (χ2n) is 4.76. The molecule has 4 nitrogen and oxygen atoms in total. The van der Waals surface area contributed by atoms with E-state index < -0.39 is 0 Å². The van der Waals surface area contributed by atoms with Crippen molar-refractivity contribution >= 4 is 29.1 Å². The number of ether oxygens (including phenoxy) is 1. The van der Waals surface area contributed by atoms with E-state index >= 15 is 0 Å². The number of carbonyl (C=O) groups excluding carboxylic acids is 2. The zero-order chi connectivity index (χ0) is 16.5. The van der Waals surface area contributed by atoms with Gasteiger partial charge in [-0.1, -0.05) is 42.5 Å². The summed E-state index contributed by atoms with van der Waals surface area (Å²) in [5.74, 6) is 1.03. The Kier molecular flexibility index (Phi) is 6.69. The minimum absolute atomic E-state index is 0.0260. The van der Waals surface area contributed by atoms with Crippen LogP contribution in [0, 0.1) is 0 Å². The Bertz CT molecular complexity index is 658. The lowest BCUT2D eigenvalue weighted by Crippen LogP contribution is -2.16. The summed E-state index contributed by atoms with van der Waals surface area (Å²) in [5.41, 5.74) is 1.32. The summed E-state index contributed by atoms with van der Waals surface area (Å²) in [6, 6.07) is 16.4. The molecule has 0 unspecified atom stereocenters. The summed E-state index contributed by atoms with van der Waals surface area (Å²) >= 11 is 1.30. The van der Waals surface area contributed by atoms with E-state index in [0.29, 0.717) is 23.6 Å². The number of hydrogen-bond acceptors (Lipinski definition) is 4. The molecule has 1 N–H and O–H groups in total. The standard InChI is InChI=1S/C18H19NO3S/c1-2-22-17-11-7-6-10-15(17)19-18(21)13-23-12-16(20)14-8-4-3-5-9-14/h3-11H,2,12-13H2,1H3,(H,19,21). The SMILES string of the molecule is CCOc1ccccc1NC(=O)CSCC(=O)c1ccccc1. The van der Waals surface area contributed by atoms with Crippen molar-refractivity contribution in [1.82, 2.24) is 0 Å². The Morgan fingerprint density at radius 2 is 1.70 bits per heavy atom. The normalized spacial score (nSPS) is 10.1. The third-order valence-electron chi connectivity index (χ3n) is 3.02. The van der Waals surface area contributed by atoms with Crippen LogP contribution in [0.1, 0.15) is 17.3 Å². The molecule has 0 aliphatic heterocycles. The van der Waals surface area contributed by atoms with Crippen LogP contribution in [0.25, 0.3) is 0 Å². The molecule has 23 heavy (non-hydrogen) atoms. The molecule has 0 heterocycles. The average Bonchev–Trinajstić information content (AvgIpc) is 2.57. The van der Waals surface area contributed by atoms with Gasteiger partial charge in [-0.15, -0.1) is 11.8 Å². The van der Waals surface area contributed by atoms with Gasteiger partial charge in [0.15, 0.2) is 5.78 Å². The Balaban J connectivity index is 1.81. The van der Waals surface area contributed by atoms with Crippen LogP contribution in [-0.2, 0) is 4.79 Å². The Labute approximate surface area is 140 Å². The number of nitrogens with one attached hydrogen (secondary N) is 1. The minimum atomic E-state index is -0.150. The van der Waals surface area contributed by atoms with Gasteiger partial charge in [0, 0.05) is 5.56 Å². The zero-order valence-corrected chi connectivity index (χ0v) is 13.8. The smallest absolute Gasteiger partial charge is 0.234 e. The molecular formula is C18H19NO3S. The second-order valence-corrected chi connectivity index (χ2v) is 5.74. The fourth-order valence-corrected chi connectivity index (χ4v) is 2.69. The largest absolute Gasteiger partial charge is 0.492 e. The molecule has 1 amide bonds. The van der Waals surface area contributed by atoms with Crippen LogP contribution in [0.2, 0.25) is 0 Å². The molecule has 0 saturated heterocycles. The number of rotatable bonds is 8. The first kappa shape index (κ1) is 17.1. The van der Waals surface area contributed by atoms with Crippen molar-refractivity contribution in [2.45, 2.75) is 6.92 Å². The third kappa shape index (κ3) is 5.45. The lowest BCUT2D eigenvalue weighted by Gasteiger charge is -2.11. The first-order valence-corrected chi connectivity index (χ1v) is 8.54. The number of carbonyl (C=O) groups is 2. The summed E-state index contributed by atoms with van der Waals surface area (Å²) in [5, 5.41) is 2.81. The monoisotopic (exact) mass is 329 g/mol. The topological polar surface area (TPSA) is 55.4 Å². The van der Waals surface area contributed by atoms with E-state index in [-0.39, 0.29) is 23.2 Å². The fourth-order valence-electron chi connectivity index (χ4n) is 1.98. The van der Waals surface area contributed by atoms with Crippen LogP contribution >= 0.6 is 11.8 Å². The molecule has 2 aromatic rings. The number of hydrogen-bond donors (Lipinski definition) is 1. The molecule has 120 valence electrons. The lowest BCUT2D eigenvalue weighted by molar-refractivity contribution is -0.113. The van der Waals surface area contributed by atoms with Crippen molar-refractivity contribution < 1.29 is 14.3 Å². The van der Waals surface area contributed by atoms with E-state index in [4.69, 9.17) is 4.74 Å². The minimum Gasteiger partial charge on any atom is -0.492 e. The van der Waals surface area contributed by atoms with Crippen LogP contribution in [-0.4, -0.2) is 29.8 Å². The van der Waals surface area contributed by atoms with Gasteiger partial charge in [0.2, 0.25) is 5.91 Å². The fraction of sp³-hybridized carbons (Fsp3) is 0.222. The molecule has 0 saturated carbocycles. The van der Waals surface area contributed by atoms with Crippen LogP contribution in [0.15, 0.2) is 54.6 Å². The molecular weight excluding hydrogens is 310 g/mol. The molecule has 2 aromatic carbocycles. The van der Waals surface area contributed by atoms with Crippen LogP contribution in [0.4, 0.5) is 5.69 Å². The highest BCUT2D eigenvalue weighted by Gasteiger charge is 2.10. The van der Waals surface area contributed by atoms with Crippen LogP contribution < -0.4 is 10.1 Å². The van der Waals surface area contributed by atoms with Crippen molar-refractivity contribution in [2.24, 2.45) is 0 Å². The molecule has 0 bridgehead atoms. The Morgan fingerprint density at radius 3 is 2.43 bits per heavy atom. The average molecular weight is 329 g/mol. The summed E-state index contributed by atoms with van der Waals surface area (Å²) in [7, 11) is 0. The van der Waals surface area contributed by atoms with Crippen LogP contribution in [0.5, 0.6) is 5.75 Å². The van der Waals surface area contributed by atoms with E-state index in [1.807, 2.05) is 43.3 Å². The zero-order valence-electron chi connectivity index (χ0n) is 13.0. The lowest BCUT2D eigenvalue weighted by atomic mass is 10.2. The first-order valence-electron chi connectivity index (χ1n) is 7.38. The van der Waals surface area contributed by atoms with Gasteiger partial charge in [-0.3, -0.25) is 9.59 Å². The maximum absolute atomic E-state index is 12.0. The van der Waals surface area contributed by atoms with E-state index in [1.54, 1.807) is 18.2 Å². The van der Waals surface area contributed by atoms with Crippen LogP contribution in [0.3, 0.4) is 0 Å². The maximum Gasteiger partial charge on any atom is 0.234 e. The van der Waals surface area contributed by atoms with E-state index in [2.05, 4.69) is 5.32 Å². The molecule has 0 aliphatic rings. The van der Waals surface area contributed by atoms with Gasteiger partial charge in [0.1, 0.15) is 5.75 Å². The van der Waals surface area contributed by atoms with Gasteiger partial charge in [-0.25, -0.2) is 0 Å². The number of thioether (sulfide) groups is 1. The summed E-state index contributed by atoms with van der Waals surface area (Å²) in [4.78, 5) is 23.9.